The third-order valence-electron chi connectivity index (χ3n) is 5.38. The fraction of sp³-hybridized carbons (Fsp3) is 0.700. The number of likely N-dealkylation sites (tertiary alicyclic amines) is 1. The molecule has 2 unspecified atom stereocenters. The van der Waals surface area contributed by atoms with Gasteiger partial charge in [-0.2, -0.15) is 0 Å². The van der Waals surface area contributed by atoms with E-state index >= 15 is 0 Å². The molecule has 3 rings (SSSR count). The minimum atomic E-state index is -3.43. The minimum absolute atomic E-state index is 0.273. The lowest BCUT2D eigenvalue weighted by atomic mass is 9.98. The molecule has 1 aromatic rings. The number of piperidine rings is 1. The van der Waals surface area contributed by atoms with Crippen molar-refractivity contribution in [2.45, 2.75) is 43.6 Å². The Hall–Kier alpha value is -0.990. The zero-order valence-electron chi connectivity index (χ0n) is 16.2. The molecule has 152 valence electrons. The Kier molecular flexibility index (Phi) is 7.66. The van der Waals surface area contributed by atoms with E-state index in [-0.39, 0.29) is 6.10 Å². The summed E-state index contributed by atoms with van der Waals surface area (Å²) >= 11 is 0. The monoisotopic (exact) mass is 396 g/mol. The Balaban J connectivity index is 1.38. The van der Waals surface area contributed by atoms with Gasteiger partial charge >= 0.3 is 0 Å². The van der Waals surface area contributed by atoms with Crippen LogP contribution in [-0.2, 0) is 19.5 Å². The molecule has 0 amide bonds. The molecule has 1 N–H and O–H groups in total. The van der Waals surface area contributed by atoms with Crippen LogP contribution in [0.15, 0.2) is 29.2 Å². The van der Waals surface area contributed by atoms with Gasteiger partial charge in [-0.15, -0.1) is 0 Å². The van der Waals surface area contributed by atoms with E-state index in [9.17, 15) is 8.42 Å². The van der Waals surface area contributed by atoms with Gasteiger partial charge in [-0.25, -0.2) is 13.1 Å². The van der Waals surface area contributed by atoms with E-state index in [1.807, 2.05) is 19.1 Å². The van der Waals surface area contributed by atoms with Gasteiger partial charge in [0.15, 0.2) is 0 Å². The fourth-order valence-corrected chi connectivity index (χ4v) is 4.85. The summed E-state index contributed by atoms with van der Waals surface area (Å²) in [5.41, 5.74) is 1.05. The third-order valence-corrected chi connectivity index (χ3v) is 6.82. The van der Waals surface area contributed by atoms with E-state index in [1.165, 1.54) is 0 Å². The Morgan fingerprint density at radius 2 is 2.04 bits per heavy atom. The molecule has 2 heterocycles. The van der Waals surface area contributed by atoms with Crippen molar-refractivity contribution in [1.82, 2.24) is 9.62 Å². The van der Waals surface area contributed by atoms with Crippen molar-refractivity contribution in [3.63, 3.8) is 0 Å². The second-order valence-corrected chi connectivity index (χ2v) is 9.45. The second-order valence-electron chi connectivity index (χ2n) is 7.68. The Labute approximate surface area is 163 Å². The summed E-state index contributed by atoms with van der Waals surface area (Å²) in [5.74, 6) is 0.345. The van der Waals surface area contributed by atoms with Gasteiger partial charge in [-0.05, 0) is 57.2 Å². The number of nitrogens with zero attached hydrogens (tertiary/aromatic N) is 1. The molecule has 6 nitrogen and oxygen atoms in total. The number of hydrogen-bond donors (Lipinski definition) is 1. The minimum Gasteiger partial charge on any atom is -0.377 e. The van der Waals surface area contributed by atoms with Crippen LogP contribution in [-0.4, -0.2) is 65.4 Å². The molecule has 0 aromatic heterocycles. The van der Waals surface area contributed by atoms with E-state index in [4.69, 9.17) is 9.47 Å². The summed E-state index contributed by atoms with van der Waals surface area (Å²) in [6.45, 7) is 7.57. The summed E-state index contributed by atoms with van der Waals surface area (Å²) in [6.07, 6.45) is 4.68. The number of hydrogen-bond acceptors (Lipinski definition) is 5. The van der Waals surface area contributed by atoms with Crippen molar-refractivity contribution in [3.05, 3.63) is 29.8 Å². The SMILES string of the molecule is Cc1ccc(S(=O)(=O)NCC2CCCN(CCOCC3CCCO3)C2)cc1. The van der Waals surface area contributed by atoms with E-state index < -0.39 is 10.0 Å². The van der Waals surface area contributed by atoms with Crippen molar-refractivity contribution >= 4 is 10.0 Å². The van der Waals surface area contributed by atoms with Gasteiger partial charge in [0.05, 0.1) is 24.2 Å². The van der Waals surface area contributed by atoms with E-state index in [0.717, 1.165) is 57.5 Å². The molecule has 2 atom stereocenters. The van der Waals surface area contributed by atoms with E-state index in [2.05, 4.69) is 9.62 Å². The highest BCUT2D eigenvalue weighted by molar-refractivity contribution is 7.89. The van der Waals surface area contributed by atoms with Gasteiger partial charge in [0.25, 0.3) is 0 Å². The van der Waals surface area contributed by atoms with E-state index in [0.29, 0.717) is 30.6 Å². The maximum atomic E-state index is 12.4. The van der Waals surface area contributed by atoms with Crippen molar-refractivity contribution in [3.8, 4) is 0 Å². The molecule has 0 spiro atoms. The van der Waals surface area contributed by atoms with Gasteiger partial charge in [-0.1, -0.05) is 17.7 Å². The smallest absolute Gasteiger partial charge is 0.240 e. The summed E-state index contributed by atoms with van der Waals surface area (Å²) in [4.78, 5) is 2.72. The first kappa shape index (κ1) is 20.7. The topological polar surface area (TPSA) is 67.9 Å². The number of sulfonamides is 1. The van der Waals surface area contributed by atoms with Gasteiger partial charge in [-0.3, -0.25) is 0 Å². The Morgan fingerprint density at radius 3 is 2.78 bits per heavy atom. The summed E-state index contributed by atoms with van der Waals surface area (Å²) in [7, 11) is -3.43. The summed E-state index contributed by atoms with van der Waals surface area (Å²) < 4.78 is 39.0. The first-order chi connectivity index (χ1) is 13.0. The molecule has 2 aliphatic rings. The molecule has 27 heavy (non-hydrogen) atoms. The van der Waals surface area contributed by atoms with Crippen LogP contribution in [0.5, 0.6) is 0 Å². The highest BCUT2D eigenvalue weighted by atomic mass is 32.2. The fourth-order valence-electron chi connectivity index (χ4n) is 3.73. The number of nitrogens with one attached hydrogen (secondary N) is 1. The first-order valence-electron chi connectivity index (χ1n) is 10.0. The molecule has 0 radical (unpaired) electrons. The van der Waals surface area contributed by atoms with Crippen LogP contribution in [0, 0.1) is 12.8 Å². The summed E-state index contributed by atoms with van der Waals surface area (Å²) in [5, 5.41) is 0. The highest BCUT2D eigenvalue weighted by Crippen LogP contribution is 2.17. The molecule has 1 aromatic carbocycles. The van der Waals surface area contributed by atoms with Crippen molar-refractivity contribution in [2.24, 2.45) is 5.92 Å². The maximum Gasteiger partial charge on any atom is 0.240 e. The zero-order valence-corrected chi connectivity index (χ0v) is 17.0. The van der Waals surface area contributed by atoms with Crippen LogP contribution in [0.4, 0.5) is 0 Å². The lowest BCUT2D eigenvalue weighted by Gasteiger charge is -2.32. The lowest BCUT2D eigenvalue weighted by Crippen LogP contribution is -2.42. The molecule has 0 saturated carbocycles. The van der Waals surface area contributed by atoms with Crippen molar-refractivity contribution in [1.29, 1.82) is 0 Å². The lowest BCUT2D eigenvalue weighted by molar-refractivity contribution is 0.00735. The second kappa shape index (κ2) is 9.98. The van der Waals surface area contributed by atoms with Gasteiger partial charge in [0, 0.05) is 26.2 Å². The average Bonchev–Trinajstić information content (AvgIpc) is 3.18. The molecular formula is C20H32N2O4S. The average molecular weight is 397 g/mol. The highest BCUT2D eigenvalue weighted by Gasteiger charge is 2.22. The zero-order chi connectivity index (χ0) is 19.1. The van der Waals surface area contributed by atoms with Crippen LogP contribution in [0.3, 0.4) is 0 Å². The maximum absolute atomic E-state index is 12.4. The first-order valence-corrected chi connectivity index (χ1v) is 11.5. The summed E-state index contributed by atoms with van der Waals surface area (Å²) in [6, 6.07) is 6.98. The molecule has 2 aliphatic heterocycles. The van der Waals surface area contributed by atoms with Crippen molar-refractivity contribution < 1.29 is 17.9 Å². The van der Waals surface area contributed by atoms with Crippen LogP contribution in [0.25, 0.3) is 0 Å². The van der Waals surface area contributed by atoms with Crippen LogP contribution in [0.2, 0.25) is 0 Å². The van der Waals surface area contributed by atoms with Crippen LogP contribution >= 0.6 is 0 Å². The van der Waals surface area contributed by atoms with Gasteiger partial charge in [0.2, 0.25) is 10.0 Å². The van der Waals surface area contributed by atoms with Gasteiger partial charge in [0.1, 0.15) is 0 Å². The number of ether oxygens (including phenoxy) is 2. The number of rotatable bonds is 9. The van der Waals surface area contributed by atoms with Crippen molar-refractivity contribution in [2.75, 3.05) is 46.0 Å². The van der Waals surface area contributed by atoms with Gasteiger partial charge < -0.3 is 14.4 Å². The number of benzene rings is 1. The molecule has 7 heteroatoms. The standard InChI is InChI=1S/C20H32N2O4S/c1-17-6-8-20(9-7-17)27(23,24)21-14-18-4-2-10-22(15-18)11-13-25-16-19-5-3-12-26-19/h6-9,18-19,21H,2-5,10-16H2,1H3. The predicted octanol–water partition coefficient (Wildman–Crippen LogP) is 2.18. The van der Waals surface area contributed by atoms with E-state index in [1.54, 1.807) is 12.1 Å². The molecular weight excluding hydrogens is 364 g/mol. The largest absolute Gasteiger partial charge is 0.377 e. The quantitative estimate of drug-likeness (QED) is 0.648. The molecule has 2 fully saturated rings. The normalized spacial score (nSPS) is 24.3. The molecule has 2 saturated heterocycles. The predicted molar refractivity (Wildman–Crippen MR) is 105 cm³/mol. The Bertz CT molecular complexity index is 672. The molecule has 0 bridgehead atoms. The third kappa shape index (κ3) is 6.54. The van der Waals surface area contributed by atoms with Crippen LogP contribution < -0.4 is 4.72 Å². The van der Waals surface area contributed by atoms with Crippen LogP contribution in [0.1, 0.15) is 31.2 Å². The molecule has 0 aliphatic carbocycles. The number of aryl methyl sites for hydroxylation is 1. The Morgan fingerprint density at radius 1 is 1.22 bits per heavy atom.